The zero-order valence-corrected chi connectivity index (χ0v) is 18.7. The van der Waals surface area contributed by atoms with Crippen molar-refractivity contribution in [2.24, 2.45) is 11.3 Å². The minimum atomic E-state index is -4.51. The maximum atomic E-state index is 13.1. The zero-order valence-electron chi connectivity index (χ0n) is 17.8. The van der Waals surface area contributed by atoms with Crippen molar-refractivity contribution >= 4 is 22.7 Å². The van der Waals surface area contributed by atoms with Gasteiger partial charge >= 0.3 is 12.2 Å². The van der Waals surface area contributed by atoms with Gasteiger partial charge in [0, 0.05) is 44.3 Å². The number of urea groups is 1. The second-order valence-electron chi connectivity index (χ2n) is 10.1. The number of likely N-dealkylation sites (tertiary alicyclic amines) is 2. The number of amides is 3. The summed E-state index contributed by atoms with van der Waals surface area (Å²) >= 11 is 0. The molecule has 1 N–H and O–H groups in total. The van der Waals surface area contributed by atoms with E-state index in [2.05, 4.69) is 5.32 Å². The molecule has 1 aliphatic carbocycles. The number of carbonyl (C=O) groups is 2. The average molecular weight is 470 g/mol. The number of hydrogen-bond donors (Lipinski definition) is 1. The van der Waals surface area contributed by atoms with Crippen LogP contribution in [0.2, 0.25) is 0 Å². The van der Waals surface area contributed by atoms with Gasteiger partial charge in [-0.1, -0.05) is 6.07 Å². The van der Waals surface area contributed by atoms with Gasteiger partial charge in [-0.2, -0.15) is 13.2 Å². The standard InChI is InChI=1S/C22H26F3N3O3S/c1-32(31)17-7-14(2-3-16(17)22(23,24)25)6-15-8-20(9-15)10-27(11-20)19(30)28-12-21(13-28)5-4-18(29)26-21/h2-3,7,15H,4-6,8-13H2,1H3,(H,26,29). The second kappa shape index (κ2) is 7.20. The molecule has 5 rings (SSSR count). The van der Waals surface area contributed by atoms with Gasteiger partial charge in [-0.05, 0) is 49.3 Å². The highest BCUT2D eigenvalue weighted by Gasteiger charge is 2.56. The van der Waals surface area contributed by atoms with Crippen molar-refractivity contribution in [3.63, 3.8) is 0 Å². The SMILES string of the molecule is CS(=O)c1cc(CC2CC3(C2)CN(C(=O)N2CC4(CCC(=O)N4)C2)C3)ccc1C(F)(F)F. The van der Waals surface area contributed by atoms with Crippen molar-refractivity contribution in [1.29, 1.82) is 0 Å². The minimum Gasteiger partial charge on any atom is -0.347 e. The van der Waals surface area contributed by atoms with Gasteiger partial charge in [-0.25, -0.2) is 4.79 Å². The predicted octanol–water partition coefficient (Wildman–Crippen LogP) is 2.78. The van der Waals surface area contributed by atoms with E-state index in [1.807, 2.05) is 4.90 Å². The number of carbonyl (C=O) groups excluding carboxylic acids is 2. The molecule has 1 atom stereocenters. The van der Waals surface area contributed by atoms with E-state index in [4.69, 9.17) is 0 Å². The molecule has 10 heteroatoms. The summed E-state index contributed by atoms with van der Waals surface area (Å²) in [5, 5.41) is 2.98. The van der Waals surface area contributed by atoms with E-state index in [-0.39, 0.29) is 27.8 Å². The first-order valence-electron chi connectivity index (χ1n) is 10.9. The van der Waals surface area contributed by atoms with Crippen LogP contribution in [0.1, 0.15) is 36.8 Å². The Kier molecular flexibility index (Phi) is 4.89. The van der Waals surface area contributed by atoms with Crippen molar-refractivity contribution in [3.05, 3.63) is 29.3 Å². The molecule has 1 saturated carbocycles. The Labute approximate surface area is 187 Å². The number of hydrogen-bond acceptors (Lipinski definition) is 3. The van der Waals surface area contributed by atoms with Gasteiger partial charge in [0.2, 0.25) is 5.91 Å². The first-order valence-corrected chi connectivity index (χ1v) is 12.4. The molecule has 0 radical (unpaired) electrons. The van der Waals surface area contributed by atoms with Crippen LogP contribution >= 0.6 is 0 Å². The third-order valence-electron chi connectivity index (χ3n) is 7.44. The molecule has 0 aromatic heterocycles. The lowest BCUT2D eigenvalue weighted by Crippen LogP contribution is -2.73. The highest BCUT2D eigenvalue weighted by Crippen LogP contribution is 2.53. The first kappa shape index (κ1) is 21.7. The molecule has 3 saturated heterocycles. The number of alkyl halides is 3. The van der Waals surface area contributed by atoms with E-state index in [0.717, 1.165) is 44.0 Å². The number of benzene rings is 1. The van der Waals surface area contributed by atoms with E-state index in [1.54, 1.807) is 4.90 Å². The summed E-state index contributed by atoms with van der Waals surface area (Å²) in [5.74, 6) is 0.425. The van der Waals surface area contributed by atoms with E-state index in [9.17, 15) is 27.0 Å². The molecule has 174 valence electrons. The molecular formula is C22H26F3N3O3S. The van der Waals surface area contributed by atoms with Crippen molar-refractivity contribution in [3.8, 4) is 0 Å². The zero-order chi connectivity index (χ0) is 22.9. The molecule has 6 nitrogen and oxygen atoms in total. The Morgan fingerprint density at radius 2 is 1.84 bits per heavy atom. The molecule has 3 heterocycles. The summed E-state index contributed by atoms with van der Waals surface area (Å²) in [6.45, 7) is 2.60. The Balaban J connectivity index is 1.11. The van der Waals surface area contributed by atoms with Crippen LogP contribution in [0, 0.1) is 11.3 Å². The van der Waals surface area contributed by atoms with Crippen LogP contribution < -0.4 is 5.32 Å². The van der Waals surface area contributed by atoms with E-state index >= 15 is 0 Å². The summed E-state index contributed by atoms with van der Waals surface area (Å²) in [4.78, 5) is 27.6. The van der Waals surface area contributed by atoms with Gasteiger partial charge < -0.3 is 15.1 Å². The Bertz CT molecular complexity index is 992. The summed E-state index contributed by atoms with van der Waals surface area (Å²) in [6, 6.07) is 3.99. The van der Waals surface area contributed by atoms with Crippen LogP contribution in [-0.4, -0.2) is 63.9 Å². The fourth-order valence-corrected chi connectivity index (χ4v) is 6.81. The Hall–Kier alpha value is -2.10. The van der Waals surface area contributed by atoms with Crippen LogP contribution in [0.15, 0.2) is 23.1 Å². The lowest BCUT2D eigenvalue weighted by Gasteiger charge is -2.61. The molecule has 4 fully saturated rings. The number of halogens is 3. The third-order valence-corrected chi connectivity index (χ3v) is 8.40. The largest absolute Gasteiger partial charge is 0.417 e. The van der Waals surface area contributed by atoms with Gasteiger partial charge in [-0.3, -0.25) is 9.00 Å². The van der Waals surface area contributed by atoms with Gasteiger partial charge in [0.05, 0.1) is 26.8 Å². The Morgan fingerprint density at radius 1 is 1.19 bits per heavy atom. The maximum Gasteiger partial charge on any atom is 0.417 e. The van der Waals surface area contributed by atoms with Crippen LogP contribution in [0.5, 0.6) is 0 Å². The fourth-order valence-electron chi connectivity index (χ4n) is 6.00. The summed E-state index contributed by atoms with van der Waals surface area (Å²) < 4.78 is 51.2. The van der Waals surface area contributed by atoms with E-state index in [1.165, 1.54) is 18.4 Å². The molecule has 1 aromatic rings. The lowest BCUT2D eigenvalue weighted by molar-refractivity contribution is -0.139. The average Bonchev–Trinajstić information content (AvgIpc) is 3.02. The van der Waals surface area contributed by atoms with Gasteiger partial charge in [-0.15, -0.1) is 0 Å². The fraction of sp³-hybridized carbons (Fsp3) is 0.636. The summed E-state index contributed by atoms with van der Waals surface area (Å²) in [7, 11) is -1.71. The molecule has 0 bridgehead atoms. The first-order chi connectivity index (χ1) is 15.0. The van der Waals surface area contributed by atoms with Crippen molar-refractivity contribution in [2.75, 3.05) is 32.4 Å². The normalized spacial score (nSPS) is 24.7. The molecule has 2 spiro atoms. The van der Waals surface area contributed by atoms with Gasteiger partial charge in [0.1, 0.15) is 0 Å². The van der Waals surface area contributed by atoms with Crippen molar-refractivity contribution in [1.82, 2.24) is 15.1 Å². The van der Waals surface area contributed by atoms with Crippen molar-refractivity contribution < 1.29 is 27.0 Å². The monoisotopic (exact) mass is 469 g/mol. The molecule has 3 aliphatic heterocycles. The predicted molar refractivity (Wildman–Crippen MR) is 111 cm³/mol. The van der Waals surface area contributed by atoms with Crippen LogP contribution in [0.25, 0.3) is 0 Å². The quantitative estimate of drug-likeness (QED) is 0.740. The topological polar surface area (TPSA) is 69.7 Å². The molecule has 4 aliphatic rings. The number of nitrogens with one attached hydrogen (secondary N) is 1. The van der Waals surface area contributed by atoms with Crippen LogP contribution in [0.4, 0.5) is 18.0 Å². The second-order valence-corrected chi connectivity index (χ2v) is 11.4. The lowest BCUT2D eigenvalue weighted by atomic mass is 9.56. The van der Waals surface area contributed by atoms with Gasteiger partial charge in [0.15, 0.2) is 0 Å². The Morgan fingerprint density at radius 3 is 2.41 bits per heavy atom. The highest BCUT2D eigenvalue weighted by atomic mass is 32.2. The van der Waals surface area contributed by atoms with E-state index in [0.29, 0.717) is 31.8 Å². The van der Waals surface area contributed by atoms with E-state index < -0.39 is 22.5 Å². The molecule has 1 unspecified atom stereocenters. The summed E-state index contributed by atoms with van der Waals surface area (Å²) in [6.07, 6.45) is 0.634. The molecule has 1 aromatic carbocycles. The molecule has 3 amide bonds. The maximum absolute atomic E-state index is 13.1. The highest BCUT2D eigenvalue weighted by molar-refractivity contribution is 7.84. The molecule has 32 heavy (non-hydrogen) atoms. The summed E-state index contributed by atoms with van der Waals surface area (Å²) in [5.41, 5.74) is -0.128. The van der Waals surface area contributed by atoms with Crippen molar-refractivity contribution in [2.45, 2.75) is 48.7 Å². The molecular weight excluding hydrogens is 443 g/mol. The number of rotatable bonds is 3. The minimum absolute atomic E-state index is 0.0312. The van der Waals surface area contributed by atoms with Gasteiger partial charge in [0.25, 0.3) is 0 Å². The smallest absolute Gasteiger partial charge is 0.347 e. The third kappa shape index (κ3) is 3.70. The number of nitrogens with zero attached hydrogens (tertiary/aromatic N) is 2. The van der Waals surface area contributed by atoms with Crippen LogP contribution in [-0.2, 0) is 28.2 Å². The van der Waals surface area contributed by atoms with Crippen LogP contribution in [0.3, 0.4) is 0 Å².